The summed E-state index contributed by atoms with van der Waals surface area (Å²) in [4.78, 5) is 27.7. The standard InChI is InChI=1S/C52H72N4O5/c1-3-5-7-9-11-15-33-56(34-16-12-10-8-6-4-2)38-46-36-49(43-27-25-40(39-57)26-28-43)61-52(60-46)44-31-29-42(30-32-44)45-20-17-19-41(35-45)37-54-50(58)23-18-24-51(59)55-48-22-14-13-21-47(48)53/h13-14,17,19-22,25-32,35,46,49,52,57H,3-12,15-16,18,23-24,33-34,36-39,53H2,1-2H3,(H,54,58)(H,55,59). The number of unbranched alkanes of at least 4 members (excludes halogenated alkanes) is 10. The van der Waals surface area contributed by atoms with Crippen LogP contribution in [0, 0.1) is 0 Å². The van der Waals surface area contributed by atoms with Crippen LogP contribution < -0.4 is 16.4 Å². The first-order valence-corrected chi connectivity index (χ1v) is 23.2. The lowest BCUT2D eigenvalue weighted by Gasteiger charge is -2.38. The van der Waals surface area contributed by atoms with E-state index in [1.807, 2.05) is 36.4 Å². The average Bonchev–Trinajstić information content (AvgIpc) is 3.28. The molecule has 0 aromatic heterocycles. The quantitative estimate of drug-likeness (QED) is 0.0348. The van der Waals surface area contributed by atoms with E-state index in [-0.39, 0.29) is 43.5 Å². The Kier molecular flexibility index (Phi) is 20.8. The summed E-state index contributed by atoms with van der Waals surface area (Å²) in [5.41, 5.74) is 13.1. The summed E-state index contributed by atoms with van der Waals surface area (Å²) in [5, 5.41) is 15.5. The van der Waals surface area contributed by atoms with Crippen molar-refractivity contribution in [2.24, 2.45) is 0 Å². The molecule has 5 rings (SSSR count). The molecule has 9 nitrogen and oxygen atoms in total. The third kappa shape index (κ3) is 16.7. The van der Waals surface area contributed by atoms with E-state index in [9.17, 15) is 14.7 Å². The molecule has 0 radical (unpaired) electrons. The number of nitrogens with two attached hydrogens (primary N) is 1. The van der Waals surface area contributed by atoms with Gasteiger partial charge in [0.05, 0.1) is 30.2 Å². The minimum atomic E-state index is -0.510. The van der Waals surface area contributed by atoms with Crippen LogP contribution in [-0.2, 0) is 32.2 Å². The number of rotatable bonds is 27. The Balaban J connectivity index is 1.19. The van der Waals surface area contributed by atoms with E-state index < -0.39 is 6.29 Å². The third-order valence-corrected chi connectivity index (χ3v) is 11.7. The van der Waals surface area contributed by atoms with Gasteiger partial charge in [-0.2, -0.15) is 0 Å². The van der Waals surface area contributed by atoms with E-state index in [0.717, 1.165) is 59.4 Å². The number of nitrogens with zero attached hydrogens (tertiary/aromatic N) is 1. The Morgan fingerprint density at radius 3 is 1.98 bits per heavy atom. The number of amides is 2. The molecular weight excluding hydrogens is 761 g/mol. The third-order valence-electron chi connectivity index (χ3n) is 11.7. The lowest BCUT2D eigenvalue weighted by Crippen LogP contribution is -2.40. The van der Waals surface area contributed by atoms with Crippen LogP contribution in [0.4, 0.5) is 11.4 Å². The fourth-order valence-corrected chi connectivity index (χ4v) is 8.06. The number of para-hydroxylation sites is 2. The predicted molar refractivity (Wildman–Crippen MR) is 249 cm³/mol. The summed E-state index contributed by atoms with van der Waals surface area (Å²) in [7, 11) is 0. The first kappa shape index (κ1) is 47.5. The SMILES string of the molecule is CCCCCCCCN(CCCCCCCC)CC1CC(c2ccc(CO)cc2)OC(c2ccc(-c3cccc(CNC(=O)CCCC(=O)Nc4ccccc4N)c3)cc2)O1. The lowest BCUT2D eigenvalue weighted by molar-refractivity contribution is -0.253. The van der Waals surface area contributed by atoms with Crippen molar-refractivity contribution in [3.63, 3.8) is 0 Å². The van der Waals surface area contributed by atoms with Crippen molar-refractivity contribution in [3.8, 4) is 11.1 Å². The zero-order valence-corrected chi connectivity index (χ0v) is 36.9. The van der Waals surface area contributed by atoms with Crippen LogP contribution in [0.15, 0.2) is 97.1 Å². The van der Waals surface area contributed by atoms with Crippen LogP contribution >= 0.6 is 0 Å². The molecule has 330 valence electrons. The number of aliphatic hydroxyl groups is 1. The van der Waals surface area contributed by atoms with Crippen molar-refractivity contribution >= 4 is 23.2 Å². The van der Waals surface area contributed by atoms with Gasteiger partial charge in [0, 0.05) is 37.9 Å². The van der Waals surface area contributed by atoms with Crippen molar-refractivity contribution in [3.05, 3.63) is 119 Å². The highest BCUT2D eigenvalue weighted by molar-refractivity contribution is 5.94. The second-order valence-corrected chi connectivity index (χ2v) is 16.8. The summed E-state index contributed by atoms with van der Waals surface area (Å²) in [6, 6.07) is 31.9. The summed E-state index contributed by atoms with van der Waals surface area (Å²) in [6.07, 6.45) is 16.6. The number of ether oxygens (including phenoxy) is 2. The molecule has 1 fully saturated rings. The molecule has 3 atom stereocenters. The normalized spacial score (nSPS) is 16.4. The number of carbonyl (C=O) groups excluding carboxylic acids is 2. The van der Waals surface area contributed by atoms with Gasteiger partial charge in [0.15, 0.2) is 6.29 Å². The second kappa shape index (κ2) is 26.7. The van der Waals surface area contributed by atoms with E-state index in [1.54, 1.807) is 12.1 Å². The number of hydrogen-bond acceptors (Lipinski definition) is 7. The fraction of sp³-hybridized carbons (Fsp3) is 0.500. The molecule has 4 aromatic rings. The molecule has 1 heterocycles. The van der Waals surface area contributed by atoms with Crippen LogP contribution in [0.2, 0.25) is 0 Å². The summed E-state index contributed by atoms with van der Waals surface area (Å²) >= 11 is 0. The molecule has 61 heavy (non-hydrogen) atoms. The Hall–Kier alpha value is -4.54. The average molecular weight is 833 g/mol. The van der Waals surface area contributed by atoms with Crippen LogP contribution in [0.25, 0.3) is 11.1 Å². The summed E-state index contributed by atoms with van der Waals surface area (Å²) < 4.78 is 13.6. The Labute approximate surface area is 365 Å². The van der Waals surface area contributed by atoms with Gasteiger partial charge in [0.2, 0.25) is 11.8 Å². The molecule has 0 saturated carbocycles. The molecule has 5 N–H and O–H groups in total. The largest absolute Gasteiger partial charge is 0.397 e. The van der Waals surface area contributed by atoms with Gasteiger partial charge in [-0.3, -0.25) is 9.59 Å². The van der Waals surface area contributed by atoms with Gasteiger partial charge < -0.3 is 35.8 Å². The van der Waals surface area contributed by atoms with Gasteiger partial charge in [0.1, 0.15) is 0 Å². The van der Waals surface area contributed by atoms with Gasteiger partial charge >= 0.3 is 0 Å². The molecule has 1 saturated heterocycles. The molecule has 1 aliphatic rings. The highest BCUT2D eigenvalue weighted by Gasteiger charge is 2.33. The molecule has 0 bridgehead atoms. The molecular formula is C52H72N4O5. The Bertz CT molecular complexity index is 1850. The van der Waals surface area contributed by atoms with Gasteiger partial charge in [0.25, 0.3) is 0 Å². The number of nitrogen functional groups attached to an aromatic ring is 1. The number of anilines is 2. The smallest absolute Gasteiger partial charge is 0.224 e. The zero-order valence-electron chi connectivity index (χ0n) is 36.9. The van der Waals surface area contributed by atoms with E-state index in [1.165, 1.54) is 77.0 Å². The molecule has 4 aromatic carbocycles. The molecule has 9 heteroatoms. The molecule has 2 amide bonds. The van der Waals surface area contributed by atoms with E-state index in [0.29, 0.717) is 24.3 Å². The minimum absolute atomic E-state index is 0.0128. The monoisotopic (exact) mass is 833 g/mol. The number of carbonyl (C=O) groups is 2. The summed E-state index contributed by atoms with van der Waals surface area (Å²) in [6.45, 7) is 8.05. The number of aliphatic hydroxyl groups excluding tert-OH is 1. The highest BCUT2D eigenvalue weighted by Crippen LogP contribution is 2.39. The van der Waals surface area contributed by atoms with Gasteiger partial charge in [-0.1, -0.05) is 157 Å². The Morgan fingerprint density at radius 1 is 0.672 bits per heavy atom. The van der Waals surface area contributed by atoms with Gasteiger partial charge in [-0.25, -0.2) is 0 Å². The minimum Gasteiger partial charge on any atom is -0.397 e. The second-order valence-electron chi connectivity index (χ2n) is 16.8. The van der Waals surface area contributed by atoms with E-state index in [2.05, 4.69) is 77.9 Å². The van der Waals surface area contributed by atoms with Crippen molar-refractivity contribution < 1.29 is 24.2 Å². The van der Waals surface area contributed by atoms with Crippen LogP contribution in [0.3, 0.4) is 0 Å². The molecule has 0 aliphatic carbocycles. The van der Waals surface area contributed by atoms with Gasteiger partial charge in [-0.05, 0) is 78.4 Å². The number of benzene rings is 4. The maximum atomic E-state index is 12.7. The predicted octanol–water partition coefficient (Wildman–Crippen LogP) is 11.4. The summed E-state index contributed by atoms with van der Waals surface area (Å²) in [5.74, 6) is -0.258. The molecule has 1 aliphatic heterocycles. The first-order chi connectivity index (χ1) is 29.8. The maximum Gasteiger partial charge on any atom is 0.224 e. The molecule has 3 unspecified atom stereocenters. The van der Waals surface area contributed by atoms with Crippen LogP contribution in [-0.4, -0.2) is 47.6 Å². The van der Waals surface area contributed by atoms with Crippen molar-refractivity contribution in [2.45, 2.75) is 148 Å². The van der Waals surface area contributed by atoms with Crippen LogP contribution in [0.5, 0.6) is 0 Å². The highest BCUT2D eigenvalue weighted by atomic mass is 16.7. The maximum absolute atomic E-state index is 12.7. The molecule has 0 spiro atoms. The Morgan fingerprint density at radius 2 is 1.31 bits per heavy atom. The van der Waals surface area contributed by atoms with E-state index >= 15 is 0 Å². The van der Waals surface area contributed by atoms with Crippen molar-refractivity contribution in [1.82, 2.24) is 10.2 Å². The first-order valence-electron chi connectivity index (χ1n) is 23.2. The van der Waals surface area contributed by atoms with Gasteiger partial charge in [-0.15, -0.1) is 0 Å². The van der Waals surface area contributed by atoms with Crippen molar-refractivity contribution in [2.75, 3.05) is 30.7 Å². The van der Waals surface area contributed by atoms with E-state index in [4.69, 9.17) is 15.2 Å². The number of hydrogen-bond donors (Lipinski definition) is 4. The fourth-order valence-electron chi connectivity index (χ4n) is 8.06. The lowest BCUT2D eigenvalue weighted by atomic mass is 9.98. The van der Waals surface area contributed by atoms with Crippen LogP contribution in [0.1, 0.15) is 151 Å². The zero-order chi connectivity index (χ0) is 43.1. The van der Waals surface area contributed by atoms with Crippen molar-refractivity contribution in [1.29, 1.82) is 0 Å². The topological polar surface area (TPSA) is 126 Å². The number of nitrogens with one attached hydrogen (secondary N) is 2.